The van der Waals surface area contributed by atoms with Gasteiger partial charge in [-0.15, -0.1) is 5.10 Å². The van der Waals surface area contributed by atoms with Gasteiger partial charge in [-0.2, -0.15) is 0 Å². The maximum atomic E-state index is 13.8. The maximum Gasteiger partial charge on any atom is 0.253 e. The van der Waals surface area contributed by atoms with Crippen molar-refractivity contribution in [3.63, 3.8) is 0 Å². The first-order valence-electron chi connectivity index (χ1n) is 13.1. The van der Waals surface area contributed by atoms with Gasteiger partial charge in [-0.25, -0.2) is 4.68 Å². The van der Waals surface area contributed by atoms with Crippen LogP contribution in [0.3, 0.4) is 0 Å². The van der Waals surface area contributed by atoms with Crippen LogP contribution in [0.5, 0.6) is 0 Å². The molecule has 9 heteroatoms. The molecule has 6 aromatic rings. The van der Waals surface area contributed by atoms with Gasteiger partial charge in [-0.1, -0.05) is 36.4 Å². The Balaban J connectivity index is 1.53. The molecule has 9 nitrogen and oxygen atoms in total. The lowest BCUT2D eigenvalue weighted by Gasteiger charge is -2.30. The van der Waals surface area contributed by atoms with Crippen LogP contribution < -0.4 is 5.56 Å². The normalized spacial score (nSPS) is 12.3. The molecule has 1 N–H and O–H groups in total. The Bertz CT molecular complexity index is 1780. The van der Waals surface area contributed by atoms with Gasteiger partial charge in [0, 0.05) is 30.0 Å². The monoisotopic (exact) mass is 531 g/mol. The van der Waals surface area contributed by atoms with Crippen LogP contribution in [0.2, 0.25) is 0 Å². The Hall–Kier alpha value is -4.89. The highest BCUT2D eigenvalue weighted by atomic mass is 16.3. The van der Waals surface area contributed by atoms with Crippen molar-refractivity contribution in [1.29, 1.82) is 0 Å². The third-order valence-electron chi connectivity index (χ3n) is 7.17. The first-order valence-corrected chi connectivity index (χ1v) is 13.1. The highest BCUT2D eigenvalue weighted by Gasteiger charge is 2.31. The summed E-state index contributed by atoms with van der Waals surface area (Å²) >= 11 is 0. The highest BCUT2D eigenvalue weighted by Crippen LogP contribution is 2.31. The van der Waals surface area contributed by atoms with Gasteiger partial charge >= 0.3 is 0 Å². The quantitative estimate of drug-likeness (QED) is 0.281. The van der Waals surface area contributed by atoms with Crippen molar-refractivity contribution in [2.24, 2.45) is 0 Å². The fraction of sp³-hybridized carbons (Fsp3) is 0.194. The van der Waals surface area contributed by atoms with E-state index in [1.807, 2.05) is 79.9 Å². The number of benzene rings is 2. The molecule has 0 saturated heterocycles. The lowest BCUT2D eigenvalue weighted by Crippen LogP contribution is -2.35. The molecule has 6 rings (SSSR count). The Morgan fingerprint density at radius 2 is 1.77 bits per heavy atom. The van der Waals surface area contributed by atoms with Crippen LogP contribution in [-0.2, 0) is 19.6 Å². The van der Waals surface area contributed by atoms with E-state index in [9.17, 15) is 4.79 Å². The van der Waals surface area contributed by atoms with E-state index in [1.165, 1.54) is 0 Å². The third-order valence-corrected chi connectivity index (χ3v) is 7.17. The number of H-pyrrole nitrogens is 1. The van der Waals surface area contributed by atoms with Crippen molar-refractivity contribution in [2.45, 2.75) is 39.5 Å². The first kappa shape index (κ1) is 25.4. The summed E-state index contributed by atoms with van der Waals surface area (Å²) in [6.45, 7) is 5.49. The summed E-state index contributed by atoms with van der Waals surface area (Å²) < 4.78 is 7.52. The molecule has 0 radical (unpaired) electrons. The predicted octanol–water partition coefficient (Wildman–Crippen LogP) is 4.96. The summed E-state index contributed by atoms with van der Waals surface area (Å²) in [5.41, 5.74) is 5.47. The van der Waals surface area contributed by atoms with Crippen molar-refractivity contribution < 1.29 is 4.42 Å². The van der Waals surface area contributed by atoms with Crippen LogP contribution in [-0.4, -0.2) is 35.1 Å². The van der Waals surface area contributed by atoms with Gasteiger partial charge in [-0.3, -0.25) is 14.7 Å². The molecule has 2 aromatic carbocycles. The molecule has 4 heterocycles. The van der Waals surface area contributed by atoms with Crippen molar-refractivity contribution in [3.8, 4) is 0 Å². The smallest absolute Gasteiger partial charge is 0.253 e. The van der Waals surface area contributed by atoms with Crippen LogP contribution in [0.1, 0.15) is 45.4 Å². The molecule has 200 valence electrons. The summed E-state index contributed by atoms with van der Waals surface area (Å²) in [7, 11) is 0. The second kappa shape index (κ2) is 11.1. The number of nitrogens with zero attached hydrogens (tertiary/aromatic N) is 6. The van der Waals surface area contributed by atoms with E-state index in [4.69, 9.17) is 4.42 Å². The minimum absolute atomic E-state index is 0.189. The van der Waals surface area contributed by atoms with E-state index < -0.39 is 6.04 Å². The van der Waals surface area contributed by atoms with Gasteiger partial charge in [0.15, 0.2) is 5.82 Å². The molecule has 0 saturated carbocycles. The van der Waals surface area contributed by atoms with Gasteiger partial charge in [0.1, 0.15) is 11.8 Å². The Morgan fingerprint density at radius 1 is 0.950 bits per heavy atom. The summed E-state index contributed by atoms with van der Waals surface area (Å²) in [5, 5.41) is 13.8. The van der Waals surface area contributed by atoms with Crippen LogP contribution in [0, 0.1) is 13.8 Å². The molecule has 0 aliphatic rings. The molecule has 0 bridgehead atoms. The molecule has 4 aromatic heterocycles. The predicted molar refractivity (Wildman–Crippen MR) is 151 cm³/mol. The van der Waals surface area contributed by atoms with Crippen molar-refractivity contribution in [2.75, 3.05) is 0 Å². The van der Waals surface area contributed by atoms with E-state index in [-0.39, 0.29) is 5.56 Å². The second-order valence-electron chi connectivity index (χ2n) is 10.0. The molecule has 0 fully saturated rings. The summed E-state index contributed by atoms with van der Waals surface area (Å²) in [4.78, 5) is 23.4. The molecule has 0 unspecified atom stereocenters. The zero-order valence-corrected chi connectivity index (χ0v) is 22.4. The number of pyridine rings is 2. The van der Waals surface area contributed by atoms with Crippen molar-refractivity contribution in [1.82, 2.24) is 35.1 Å². The van der Waals surface area contributed by atoms with E-state index >= 15 is 0 Å². The van der Waals surface area contributed by atoms with E-state index in [0.29, 0.717) is 31.0 Å². The minimum Gasteiger partial charge on any atom is -0.468 e. The van der Waals surface area contributed by atoms with Crippen molar-refractivity contribution >= 4 is 10.9 Å². The zero-order chi connectivity index (χ0) is 27.5. The fourth-order valence-corrected chi connectivity index (χ4v) is 5.04. The number of aryl methyl sites for hydroxylation is 2. The molecular weight excluding hydrogens is 502 g/mol. The molecule has 0 aliphatic carbocycles. The van der Waals surface area contributed by atoms with E-state index in [2.05, 4.69) is 43.4 Å². The number of aromatic amines is 1. The zero-order valence-electron chi connectivity index (χ0n) is 22.4. The van der Waals surface area contributed by atoms with Gasteiger partial charge in [-0.05, 0) is 88.3 Å². The number of fused-ring (bicyclic) bond motifs is 1. The third kappa shape index (κ3) is 5.32. The molecular formula is C31H29N7O2. The van der Waals surface area contributed by atoms with Crippen molar-refractivity contribution in [3.05, 3.63) is 141 Å². The number of nitrogens with one attached hydrogen (secondary N) is 1. The van der Waals surface area contributed by atoms with Crippen LogP contribution >= 0.6 is 0 Å². The largest absolute Gasteiger partial charge is 0.468 e. The Kier molecular flexibility index (Phi) is 7.03. The van der Waals surface area contributed by atoms with Gasteiger partial charge < -0.3 is 9.40 Å². The number of aromatic nitrogens is 6. The second-order valence-corrected chi connectivity index (χ2v) is 10.0. The average molecular weight is 532 g/mol. The number of furan rings is 1. The Morgan fingerprint density at radius 3 is 2.55 bits per heavy atom. The topological polar surface area (TPSA) is 106 Å². The molecule has 0 spiro atoms. The standard InChI is InChI=1S/C31H29N7O2/c1-21-14-25-16-27(31(39)33-28(25)15-22(21)2)29(30-34-35-36-38(30)19-23-8-4-3-5-9-23)37(20-26-11-7-13-40-26)18-24-10-6-12-32-17-24/h3-17,29H,18-20H2,1-2H3,(H,33,39)/t29-/m0/s1. The lowest BCUT2D eigenvalue weighted by molar-refractivity contribution is 0.179. The molecule has 0 aliphatic heterocycles. The molecule has 0 amide bonds. The highest BCUT2D eigenvalue weighted by molar-refractivity contribution is 5.81. The summed E-state index contributed by atoms with van der Waals surface area (Å²) in [6, 6.07) is 23.2. The average Bonchev–Trinajstić information content (AvgIpc) is 3.64. The van der Waals surface area contributed by atoms with Crippen LogP contribution in [0.25, 0.3) is 10.9 Å². The van der Waals surface area contributed by atoms with E-state index in [0.717, 1.165) is 38.9 Å². The van der Waals surface area contributed by atoms with Crippen LogP contribution in [0.4, 0.5) is 0 Å². The number of rotatable bonds is 9. The minimum atomic E-state index is -0.584. The maximum absolute atomic E-state index is 13.8. The summed E-state index contributed by atoms with van der Waals surface area (Å²) in [5.74, 6) is 1.33. The molecule has 1 atom stereocenters. The Labute approximate surface area is 231 Å². The van der Waals surface area contributed by atoms with E-state index in [1.54, 1.807) is 17.1 Å². The fourth-order valence-electron chi connectivity index (χ4n) is 5.04. The molecule has 40 heavy (non-hydrogen) atoms. The number of tetrazole rings is 1. The summed E-state index contributed by atoms with van der Waals surface area (Å²) in [6.07, 6.45) is 5.23. The number of hydrogen-bond acceptors (Lipinski definition) is 7. The van der Waals surface area contributed by atoms with Crippen LogP contribution in [0.15, 0.2) is 101 Å². The van der Waals surface area contributed by atoms with Gasteiger partial charge in [0.05, 0.1) is 19.4 Å². The SMILES string of the molecule is Cc1cc2cc([C@@H](c3nnnn3Cc3ccccc3)N(Cc3cccnc3)Cc3ccco3)c(=O)[nH]c2cc1C. The van der Waals surface area contributed by atoms with Gasteiger partial charge in [0.25, 0.3) is 5.56 Å². The van der Waals surface area contributed by atoms with Gasteiger partial charge in [0.2, 0.25) is 0 Å². The number of hydrogen-bond donors (Lipinski definition) is 1. The first-order chi connectivity index (χ1) is 19.5. The lowest BCUT2D eigenvalue weighted by atomic mass is 10.00.